The Hall–Kier alpha value is -3.19. The highest BCUT2D eigenvalue weighted by Gasteiger charge is 2.23. The predicted molar refractivity (Wildman–Crippen MR) is 94.2 cm³/mol. The molecule has 0 bridgehead atoms. The Morgan fingerprint density at radius 2 is 1.88 bits per heavy atom. The van der Waals surface area contributed by atoms with Gasteiger partial charge in [0.1, 0.15) is 23.2 Å². The molecule has 0 aliphatic heterocycles. The normalized spacial score (nSPS) is 11.3. The minimum atomic E-state index is -0.395. The van der Waals surface area contributed by atoms with Crippen molar-refractivity contribution in [3.63, 3.8) is 0 Å². The number of halogens is 1. The first-order valence-corrected chi connectivity index (χ1v) is 7.86. The van der Waals surface area contributed by atoms with Gasteiger partial charge in [-0.2, -0.15) is 5.10 Å². The fraction of sp³-hybridized carbons (Fsp3) is 0.111. The van der Waals surface area contributed by atoms with Gasteiger partial charge in [-0.1, -0.05) is 24.3 Å². The van der Waals surface area contributed by atoms with E-state index in [1.807, 2.05) is 24.3 Å². The number of para-hydroxylation sites is 2. The van der Waals surface area contributed by atoms with Crippen molar-refractivity contribution < 1.29 is 9.50 Å². The first kappa shape index (κ1) is 15.3. The fourth-order valence-electron chi connectivity index (χ4n) is 2.89. The van der Waals surface area contributed by atoms with Crippen LogP contribution in [-0.4, -0.2) is 31.5 Å². The Morgan fingerprint density at radius 3 is 2.64 bits per heavy atom. The van der Waals surface area contributed by atoms with Gasteiger partial charge in [-0.25, -0.2) is 14.1 Å². The summed E-state index contributed by atoms with van der Waals surface area (Å²) in [5.74, 6) is 0.445. The molecule has 4 N–H and O–H groups in total. The third-order valence-corrected chi connectivity index (χ3v) is 4.06. The number of aliphatic hydroxyl groups is 1. The molecule has 0 unspecified atom stereocenters. The van der Waals surface area contributed by atoms with Gasteiger partial charge in [0.25, 0.3) is 0 Å². The van der Waals surface area contributed by atoms with Crippen molar-refractivity contribution in [2.75, 3.05) is 12.3 Å². The smallest absolute Gasteiger partial charge is 0.144 e. The Kier molecular flexibility index (Phi) is 3.70. The number of imidazole rings is 1. The summed E-state index contributed by atoms with van der Waals surface area (Å²) < 4.78 is 15.8. The molecule has 0 saturated carbocycles. The third kappa shape index (κ3) is 2.54. The van der Waals surface area contributed by atoms with Gasteiger partial charge in [0.15, 0.2) is 0 Å². The van der Waals surface area contributed by atoms with Gasteiger partial charge in [-0.05, 0) is 24.3 Å². The van der Waals surface area contributed by atoms with Crippen LogP contribution in [-0.2, 0) is 6.54 Å². The number of nitrogens with two attached hydrogens (primary N) is 1. The molecule has 2 aromatic carbocycles. The average molecular weight is 337 g/mol. The molecule has 126 valence electrons. The minimum Gasteiger partial charge on any atom is -0.394 e. The van der Waals surface area contributed by atoms with Crippen LogP contribution in [0.1, 0.15) is 0 Å². The largest absolute Gasteiger partial charge is 0.394 e. The number of nitrogens with one attached hydrogen (secondary N) is 1. The lowest BCUT2D eigenvalue weighted by atomic mass is 10.1. The summed E-state index contributed by atoms with van der Waals surface area (Å²) in [4.78, 5) is 7.77. The Morgan fingerprint density at radius 1 is 1.12 bits per heavy atom. The lowest BCUT2D eigenvalue weighted by molar-refractivity contribution is 0.270. The van der Waals surface area contributed by atoms with Crippen molar-refractivity contribution >= 4 is 16.9 Å². The predicted octanol–water partition coefficient (Wildman–Crippen LogP) is 2.81. The topological polar surface area (TPSA) is 92.8 Å². The average Bonchev–Trinajstić information content (AvgIpc) is 3.17. The van der Waals surface area contributed by atoms with Crippen LogP contribution in [0.3, 0.4) is 0 Å². The van der Waals surface area contributed by atoms with Crippen molar-refractivity contribution in [2.24, 2.45) is 0 Å². The number of hydrogen-bond acceptors (Lipinski definition) is 4. The first-order chi connectivity index (χ1) is 12.2. The molecule has 6 nitrogen and oxygen atoms in total. The number of rotatable bonds is 4. The van der Waals surface area contributed by atoms with E-state index in [0.717, 1.165) is 11.0 Å². The van der Waals surface area contributed by atoms with Gasteiger partial charge in [-0.3, -0.25) is 0 Å². The number of anilines is 1. The molecular formula is C18H16FN5O. The van der Waals surface area contributed by atoms with Crippen molar-refractivity contribution in [3.8, 4) is 22.6 Å². The van der Waals surface area contributed by atoms with Crippen LogP contribution in [0.4, 0.5) is 10.2 Å². The van der Waals surface area contributed by atoms with Gasteiger partial charge in [-0.15, -0.1) is 0 Å². The van der Waals surface area contributed by atoms with Crippen LogP contribution in [0, 0.1) is 5.82 Å². The van der Waals surface area contributed by atoms with E-state index in [4.69, 9.17) is 5.73 Å². The summed E-state index contributed by atoms with van der Waals surface area (Å²) in [5.41, 5.74) is 9.12. The van der Waals surface area contributed by atoms with Gasteiger partial charge in [0, 0.05) is 5.56 Å². The molecule has 0 spiro atoms. The minimum absolute atomic E-state index is 0.123. The van der Waals surface area contributed by atoms with Crippen LogP contribution in [0.15, 0.2) is 48.5 Å². The van der Waals surface area contributed by atoms with E-state index < -0.39 is 5.82 Å². The number of aromatic amines is 1. The standard InChI is InChI=1S/C18H16FN5O/c19-12-6-2-1-5-11(12)16-15(17(20)24(23-16)9-10-25)18-21-13-7-3-4-8-14(13)22-18/h1-8,25H,9-10,20H2,(H,21,22). The maximum atomic E-state index is 14.3. The van der Waals surface area contributed by atoms with E-state index in [-0.39, 0.29) is 13.2 Å². The third-order valence-electron chi connectivity index (χ3n) is 4.06. The molecule has 7 heteroatoms. The van der Waals surface area contributed by atoms with Gasteiger partial charge >= 0.3 is 0 Å². The van der Waals surface area contributed by atoms with E-state index in [1.54, 1.807) is 18.2 Å². The zero-order chi connectivity index (χ0) is 17.4. The van der Waals surface area contributed by atoms with Crippen LogP contribution >= 0.6 is 0 Å². The Balaban J connectivity index is 1.98. The lowest BCUT2D eigenvalue weighted by Gasteiger charge is -2.02. The van der Waals surface area contributed by atoms with E-state index in [0.29, 0.717) is 28.5 Å². The number of H-pyrrole nitrogens is 1. The summed E-state index contributed by atoms with van der Waals surface area (Å²) in [6, 6.07) is 14.0. The van der Waals surface area contributed by atoms with Crippen molar-refractivity contribution in [1.29, 1.82) is 0 Å². The van der Waals surface area contributed by atoms with Gasteiger partial charge < -0.3 is 15.8 Å². The summed E-state index contributed by atoms with van der Waals surface area (Å²) in [7, 11) is 0. The summed E-state index contributed by atoms with van der Waals surface area (Å²) in [6.07, 6.45) is 0. The number of nitrogen functional groups attached to an aromatic ring is 1. The zero-order valence-electron chi connectivity index (χ0n) is 13.3. The molecule has 0 aliphatic carbocycles. The molecular weight excluding hydrogens is 321 g/mol. The second-order valence-corrected chi connectivity index (χ2v) is 5.64. The molecule has 4 aromatic rings. The summed E-state index contributed by atoms with van der Waals surface area (Å²) >= 11 is 0. The maximum absolute atomic E-state index is 14.3. The summed E-state index contributed by atoms with van der Waals surface area (Å²) in [5, 5.41) is 13.6. The Labute approximate surface area is 142 Å². The number of benzene rings is 2. The lowest BCUT2D eigenvalue weighted by Crippen LogP contribution is -2.07. The molecule has 0 fully saturated rings. The molecule has 0 saturated heterocycles. The van der Waals surface area contributed by atoms with E-state index in [2.05, 4.69) is 15.1 Å². The second kappa shape index (κ2) is 6.03. The number of aliphatic hydroxyl groups excluding tert-OH is 1. The summed E-state index contributed by atoms with van der Waals surface area (Å²) in [6.45, 7) is 0.0929. The highest BCUT2D eigenvalue weighted by molar-refractivity contribution is 5.89. The molecule has 0 atom stereocenters. The van der Waals surface area contributed by atoms with Crippen molar-refractivity contribution in [2.45, 2.75) is 6.54 Å². The Bertz CT molecular complexity index is 1020. The highest BCUT2D eigenvalue weighted by atomic mass is 19.1. The fourth-order valence-corrected chi connectivity index (χ4v) is 2.89. The number of fused-ring (bicyclic) bond motifs is 1. The maximum Gasteiger partial charge on any atom is 0.144 e. The van der Waals surface area contributed by atoms with Crippen molar-refractivity contribution in [3.05, 3.63) is 54.3 Å². The number of nitrogens with zero attached hydrogens (tertiary/aromatic N) is 3. The van der Waals surface area contributed by atoms with Gasteiger partial charge in [0.2, 0.25) is 0 Å². The van der Waals surface area contributed by atoms with Crippen LogP contribution in [0.25, 0.3) is 33.7 Å². The van der Waals surface area contributed by atoms with E-state index >= 15 is 0 Å². The van der Waals surface area contributed by atoms with Crippen LogP contribution in [0.2, 0.25) is 0 Å². The van der Waals surface area contributed by atoms with Crippen LogP contribution in [0.5, 0.6) is 0 Å². The molecule has 4 rings (SSSR count). The highest BCUT2D eigenvalue weighted by Crippen LogP contribution is 2.36. The number of hydrogen-bond donors (Lipinski definition) is 3. The first-order valence-electron chi connectivity index (χ1n) is 7.86. The monoisotopic (exact) mass is 337 g/mol. The van der Waals surface area contributed by atoms with Crippen molar-refractivity contribution in [1.82, 2.24) is 19.7 Å². The number of aromatic nitrogens is 4. The molecule has 2 aromatic heterocycles. The molecule has 0 aliphatic rings. The van der Waals surface area contributed by atoms with E-state index in [9.17, 15) is 9.50 Å². The molecule has 0 radical (unpaired) electrons. The molecule has 2 heterocycles. The quantitative estimate of drug-likeness (QED) is 0.534. The van der Waals surface area contributed by atoms with E-state index in [1.165, 1.54) is 10.7 Å². The molecule has 25 heavy (non-hydrogen) atoms. The molecule has 0 amide bonds. The SMILES string of the molecule is Nc1c(-c2nc3ccccc3[nH]2)c(-c2ccccc2F)nn1CCO. The zero-order valence-corrected chi connectivity index (χ0v) is 13.3. The van der Waals surface area contributed by atoms with Crippen LogP contribution < -0.4 is 5.73 Å². The second-order valence-electron chi connectivity index (χ2n) is 5.64. The van der Waals surface area contributed by atoms with Gasteiger partial charge in [0.05, 0.1) is 29.7 Å².